The Hall–Kier alpha value is -1.56. The van der Waals surface area contributed by atoms with Crippen LogP contribution < -0.4 is 4.74 Å². The summed E-state index contributed by atoms with van der Waals surface area (Å²) in [7, 11) is 1.45. The number of allylic oxidation sites excluding steroid dienone is 1. The largest absolute Gasteiger partial charge is 0.512 e. The predicted octanol–water partition coefficient (Wildman–Crippen LogP) is 3.33. The van der Waals surface area contributed by atoms with Crippen LogP contribution in [-0.4, -0.2) is 28.1 Å². The van der Waals surface area contributed by atoms with Crippen LogP contribution in [0.3, 0.4) is 0 Å². The van der Waals surface area contributed by atoms with Crippen molar-refractivity contribution in [3.05, 3.63) is 33.9 Å². The topological polar surface area (TPSA) is 79.7 Å². The summed E-state index contributed by atoms with van der Waals surface area (Å²) in [6.07, 6.45) is 2.01. The Morgan fingerprint density at radius 1 is 1.53 bits per heavy atom. The maximum atomic E-state index is 12.4. The number of aliphatic hydroxyl groups is 2. The number of Topliss-reactive ketones (excluding diaryl/α,β-unsaturated/α-hetero) is 1. The summed E-state index contributed by atoms with van der Waals surface area (Å²) in [5, 5.41) is 18.5. The van der Waals surface area contributed by atoms with Crippen molar-refractivity contribution < 1.29 is 19.7 Å². The first-order valence-corrected chi connectivity index (χ1v) is 6.34. The highest BCUT2D eigenvalue weighted by Crippen LogP contribution is 2.34. The van der Waals surface area contributed by atoms with Crippen LogP contribution in [0.2, 0.25) is 0 Å². The molecule has 6 heteroatoms. The van der Waals surface area contributed by atoms with E-state index < -0.39 is 17.0 Å². The van der Waals surface area contributed by atoms with E-state index in [0.29, 0.717) is 12.0 Å². The van der Waals surface area contributed by atoms with E-state index in [4.69, 9.17) is 9.84 Å². The molecule has 1 heterocycles. The van der Waals surface area contributed by atoms with Gasteiger partial charge in [0.15, 0.2) is 11.5 Å². The number of nitrogens with zero attached hydrogens (tertiary/aromatic N) is 1. The van der Waals surface area contributed by atoms with Crippen LogP contribution in [0.5, 0.6) is 5.75 Å². The Morgan fingerprint density at radius 2 is 2.11 bits per heavy atom. The zero-order valence-corrected chi connectivity index (χ0v) is 12.8. The van der Waals surface area contributed by atoms with Gasteiger partial charge in [-0.15, -0.1) is 0 Å². The minimum atomic E-state index is -1.28. The number of rotatable bonds is 4. The molecule has 1 aromatic rings. The van der Waals surface area contributed by atoms with E-state index in [1.807, 2.05) is 0 Å². The number of halogens is 1. The van der Waals surface area contributed by atoms with Crippen LogP contribution in [0.4, 0.5) is 0 Å². The van der Waals surface area contributed by atoms with Crippen LogP contribution >= 0.6 is 15.9 Å². The van der Waals surface area contributed by atoms with E-state index in [-0.39, 0.29) is 5.69 Å². The molecular formula is C13H16BrNO4. The Morgan fingerprint density at radius 3 is 2.58 bits per heavy atom. The molecule has 5 nitrogen and oxygen atoms in total. The molecule has 1 rings (SSSR count). The molecule has 0 saturated carbocycles. The molecular weight excluding hydrogens is 314 g/mol. The second kappa shape index (κ2) is 5.61. The molecule has 0 unspecified atom stereocenters. The van der Waals surface area contributed by atoms with Gasteiger partial charge < -0.3 is 14.9 Å². The van der Waals surface area contributed by atoms with Crippen molar-refractivity contribution >= 4 is 21.7 Å². The zero-order chi connectivity index (χ0) is 14.8. The summed E-state index contributed by atoms with van der Waals surface area (Å²) in [6.45, 7) is 4.78. The molecule has 0 aliphatic carbocycles. The molecule has 0 atom stereocenters. The molecule has 0 saturated heterocycles. The highest BCUT2D eigenvalue weighted by Gasteiger charge is 2.36. The van der Waals surface area contributed by atoms with Crippen molar-refractivity contribution in [1.82, 2.24) is 4.98 Å². The lowest BCUT2D eigenvalue weighted by Crippen LogP contribution is -2.28. The van der Waals surface area contributed by atoms with Gasteiger partial charge in [0.25, 0.3) is 0 Å². The zero-order valence-electron chi connectivity index (χ0n) is 11.2. The number of hydrogen-bond donors (Lipinski definition) is 2. The van der Waals surface area contributed by atoms with Gasteiger partial charge in [-0.3, -0.25) is 4.79 Å². The predicted molar refractivity (Wildman–Crippen MR) is 74.7 cm³/mol. The molecule has 0 aliphatic rings. The molecule has 19 heavy (non-hydrogen) atoms. The number of hydrogen-bond acceptors (Lipinski definition) is 5. The van der Waals surface area contributed by atoms with E-state index in [2.05, 4.69) is 20.9 Å². The quantitative estimate of drug-likeness (QED) is 0.654. The molecule has 0 radical (unpaired) electrons. The van der Waals surface area contributed by atoms with Crippen LogP contribution in [0.15, 0.2) is 22.7 Å². The van der Waals surface area contributed by atoms with Gasteiger partial charge in [-0.1, -0.05) is 0 Å². The summed E-state index contributed by atoms with van der Waals surface area (Å²) in [4.78, 5) is 16.5. The third kappa shape index (κ3) is 2.73. The third-order valence-corrected chi connectivity index (χ3v) is 3.77. The fraction of sp³-hybridized carbons (Fsp3) is 0.385. The minimum absolute atomic E-state index is 0.113. The van der Waals surface area contributed by atoms with Crippen LogP contribution in [-0.2, 0) is 0 Å². The number of methoxy groups -OCH3 is 1. The van der Waals surface area contributed by atoms with Crippen molar-refractivity contribution in [3.8, 4) is 5.75 Å². The second-order valence-corrected chi connectivity index (χ2v) is 5.44. The number of ether oxygens (including phenoxy) is 1. The number of aliphatic hydroxyl groups excluding tert-OH is 2. The van der Waals surface area contributed by atoms with E-state index in [1.54, 1.807) is 6.92 Å². The monoisotopic (exact) mass is 329 g/mol. The van der Waals surface area contributed by atoms with Crippen molar-refractivity contribution in [1.29, 1.82) is 0 Å². The molecule has 1 aromatic heterocycles. The number of pyridine rings is 1. The van der Waals surface area contributed by atoms with Gasteiger partial charge in [0, 0.05) is 16.2 Å². The number of carbonyl (C=O) groups is 1. The standard InChI is InChI=1S/C13H16BrNO4/c1-7-8(14)5-15-10(11(7)19-4)12(18)13(2,3)9(17)6-16/h5-6,16-17H,1-4H3/b9-6-. The molecule has 0 aliphatic heterocycles. The van der Waals surface area contributed by atoms with Crippen molar-refractivity contribution in [2.24, 2.45) is 5.41 Å². The molecule has 2 N–H and O–H groups in total. The number of carbonyl (C=O) groups excluding carboxylic acids is 1. The lowest BCUT2D eigenvalue weighted by molar-refractivity contribution is 0.0809. The smallest absolute Gasteiger partial charge is 0.198 e. The van der Waals surface area contributed by atoms with Crippen LogP contribution in [0.25, 0.3) is 0 Å². The van der Waals surface area contributed by atoms with Gasteiger partial charge in [-0.2, -0.15) is 0 Å². The number of aromatic nitrogens is 1. The molecule has 0 amide bonds. The van der Waals surface area contributed by atoms with Crippen molar-refractivity contribution in [3.63, 3.8) is 0 Å². The SMILES string of the molecule is COc1c(C(=O)C(C)(C)/C(O)=C/O)ncc(Br)c1C. The highest BCUT2D eigenvalue weighted by atomic mass is 79.9. The molecule has 0 bridgehead atoms. The number of ketones is 1. The summed E-state index contributed by atoms with van der Waals surface area (Å²) < 4.78 is 5.93. The summed E-state index contributed by atoms with van der Waals surface area (Å²) in [6, 6.07) is 0. The van der Waals surface area contributed by atoms with Crippen molar-refractivity contribution in [2.45, 2.75) is 20.8 Å². The van der Waals surface area contributed by atoms with E-state index in [1.165, 1.54) is 27.2 Å². The molecule has 104 valence electrons. The molecule has 0 spiro atoms. The lowest BCUT2D eigenvalue weighted by atomic mass is 9.84. The van der Waals surface area contributed by atoms with Crippen molar-refractivity contribution in [2.75, 3.05) is 7.11 Å². The average molecular weight is 330 g/mol. The summed E-state index contributed by atoms with van der Waals surface area (Å²) in [5.41, 5.74) is -0.430. The molecule has 0 fully saturated rings. The lowest BCUT2D eigenvalue weighted by Gasteiger charge is -2.22. The Kier molecular flexibility index (Phi) is 4.57. The fourth-order valence-corrected chi connectivity index (χ4v) is 1.83. The maximum absolute atomic E-state index is 12.4. The Balaban J connectivity index is 3.40. The van der Waals surface area contributed by atoms with Gasteiger partial charge >= 0.3 is 0 Å². The first-order chi connectivity index (χ1) is 8.77. The summed E-state index contributed by atoms with van der Waals surface area (Å²) >= 11 is 3.31. The van der Waals surface area contributed by atoms with Gasteiger partial charge in [0.2, 0.25) is 0 Å². The van der Waals surface area contributed by atoms with Crippen LogP contribution in [0.1, 0.15) is 29.9 Å². The van der Waals surface area contributed by atoms with Gasteiger partial charge in [0.1, 0.15) is 17.7 Å². The first-order valence-electron chi connectivity index (χ1n) is 5.55. The highest BCUT2D eigenvalue weighted by molar-refractivity contribution is 9.10. The van der Waals surface area contributed by atoms with Gasteiger partial charge in [-0.05, 0) is 36.7 Å². The van der Waals surface area contributed by atoms with E-state index in [0.717, 1.165) is 10.0 Å². The third-order valence-electron chi connectivity index (χ3n) is 2.97. The second-order valence-electron chi connectivity index (χ2n) is 4.58. The average Bonchev–Trinajstić information content (AvgIpc) is 2.39. The maximum Gasteiger partial charge on any atom is 0.198 e. The molecule has 0 aromatic carbocycles. The van der Waals surface area contributed by atoms with E-state index in [9.17, 15) is 9.90 Å². The van der Waals surface area contributed by atoms with E-state index >= 15 is 0 Å². The normalized spacial score (nSPS) is 12.4. The first kappa shape index (κ1) is 15.5. The minimum Gasteiger partial charge on any atom is -0.512 e. The summed E-state index contributed by atoms with van der Waals surface area (Å²) in [5.74, 6) is -0.525. The Labute approximate surface area is 120 Å². The Bertz CT molecular complexity index is 538. The van der Waals surface area contributed by atoms with Gasteiger partial charge in [-0.25, -0.2) is 4.98 Å². The van der Waals surface area contributed by atoms with Gasteiger partial charge in [0.05, 0.1) is 12.5 Å². The fourth-order valence-electron chi connectivity index (χ4n) is 1.55. The van der Waals surface area contributed by atoms with Crippen LogP contribution in [0, 0.1) is 12.3 Å².